The molecule has 2 rings (SSSR count). The van der Waals surface area contributed by atoms with E-state index in [2.05, 4.69) is 4.37 Å². The first kappa shape index (κ1) is 10.1. The molecule has 0 atom stereocenters. The summed E-state index contributed by atoms with van der Waals surface area (Å²) in [5, 5.41) is 0. The number of benzene rings is 1. The van der Waals surface area contributed by atoms with Gasteiger partial charge < -0.3 is 10.5 Å². The van der Waals surface area contributed by atoms with Crippen LogP contribution in [0.2, 0.25) is 0 Å². The fourth-order valence-corrected chi connectivity index (χ4v) is 2.00. The van der Waals surface area contributed by atoms with Crippen molar-refractivity contribution in [1.29, 1.82) is 0 Å². The van der Waals surface area contributed by atoms with E-state index in [1.54, 1.807) is 7.11 Å². The lowest BCUT2D eigenvalue weighted by molar-refractivity contribution is 0.416. The zero-order chi connectivity index (χ0) is 10.7. The zero-order valence-electron chi connectivity index (χ0n) is 8.43. The summed E-state index contributed by atoms with van der Waals surface area (Å²) >= 11 is 1.43. The molecule has 78 valence electrons. The third-order valence-electron chi connectivity index (χ3n) is 2.14. The van der Waals surface area contributed by atoms with E-state index in [1.165, 1.54) is 11.5 Å². The molecule has 1 heterocycles. The maximum atomic E-state index is 5.55. The average molecular weight is 220 g/mol. The van der Waals surface area contributed by atoms with Crippen LogP contribution in [0.1, 0.15) is 4.88 Å². The fourth-order valence-electron chi connectivity index (χ4n) is 1.39. The topological polar surface area (TPSA) is 48.1 Å². The van der Waals surface area contributed by atoms with Crippen molar-refractivity contribution < 1.29 is 4.74 Å². The number of nitrogens with zero attached hydrogens (tertiary/aromatic N) is 1. The number of rotatable bonds is 3. The first-order chi connectivity index (χ1) is 7.35. The third-order valence-corrected chi connectivity index (χ3v) is 2.95. The smallest absolute Gasteiger partial charge is 0.128 e. The lowest BCUT2D eigenvalue weighted by Crippen LogP contribution is -1.91. The Kier molecular flexibility index (Phi) is 2.99. The van der Waals surface area contributed by atoms with E-state index in [9.17, 15) is 0 Å². The summed E-state index contributed by atoms with van der Waals surface area (Å²) in [6.45, 7) is 0.535. The van der Waals surface area contributed by atoms with Gasteiger partial charge in [-0.3, -0.25) is 0 Å². The van der Waals surface area contributed by atoms with Crippen molar-refractivity contribution in [3.05, 3.63) is 35.2 Å². The monoisotopic (exact) mass is 220 g/mol. The molecule has 0 spiro atoms. The summed E-state index contributed by atoms with van der Waals surface area (Å²) in [5.41, 5.74) is 7.49. The summed E-state index contributed by atoms with van der Waals surface area (Å²) in [6, 6.07) is 9.84. The number of para-hydroxylation sites is 1. The SMILES string of the molecule is COc1ccccc1-c1cc(CN)sn1. The molecular weight excluding hydrogens is 208 g/mol. The molecule has 2 N–H and O–H groups in total. The molecule has 1 aromatic carbocycles. The molecule has 0 aliphatic heterocycles. The van der Waals surface area contributed by atoms with Crippen molar-refractivity contribution in [2.45, 2.75) is 6.54 Å². The number of nitrogens with two attached hydrogens (primary N) is 1. The van der Waals surface area contributed by atoms with Crippen molar-refractivity contribution in [3.8, 4) is 17.0 Å². The van der Waals surface area contributed by atoms with Crippen LogP contribution >= 0.6 is 11.5 Å². The van der Waals surface area contributed by atoms with Gasteiger partial charge in [0.2, 0.25) is 0 Å². The molecule has 1 aromatic heterocycles. The summed E-state index contributed by atoms with van der Waals surface area (Å²) in [5.74, 6) is 0.839. The van der Waals surface area contributed by atoms with Gasteiger partial charge in [-0.15, -0.1) is 0 Å². The van der Waals surface area contributed by atoms with Crippen LogP contribution in [0, 0.1) is 0 Å². The highest BCUT2D eigenvalue weighted by Gasteiger charge is 2.08. The number of ether oxygens (including phenoxy) is 1. The minimum Gasteiger partial charge on any atom is -0.496 e. The number of methoxy groups -OCH3 is 1. The lowest BCUT2D eigenvalue weighted by Gasteiger charge is -2.04. The molecule has 0 saturated carbocycles. The van der Waals surface area contributed by atoms with Gasteiger partial charge in [0.25, 0.3) is 0 Å². The third kappa shape index (κ3) is 2.00. The van der Waals surface area contributed by atoms with Gasteiger partial charge in [-0.05, 0) is 29.7 Å². The quantitative estimate of drug-likeness (QED) is 0.863. The van der Waals surface area contributed by atoms with E-state index in [1.807, 2.05) is 30.3 Å². The van der Waals surface area contributed by atoms with Crippen molar-refractivity contribution in [2.75, 3.05) is 7.11 Å². The maximum Gasteiger partial charge on any atom is 0.128 e. The van der Waals surface area contributed by atoms with Gasteiger partial charge in [0, 0.05) is 17.0 Å². The minimum atomic E-state index is 0.535. The van der Waals surface area contributed by atoms with E-state index >= 15 is 0 Å². The molecule has 0 bridgehead atoms. The average Bonchev–Trinajstić information content (AvgIpc) is 2.77. The fraction of sp³-hybridized carbons (Fsp3) is 0.182. The summed E-state index contributed by atoms with van der Waals surface area (Å²) in [4.78, 5) is 1.08. The summed E-state index contributed by atoms with van der Waals surface area (Å²) < 4.78 is 9.62. The van der Waals surface area contributed by atoms with Crippen LogP contribution in [-0.2, 0) is 6.54 Å². The van der Waals surface area contributed by atoms with Crippen LogP contribution in [-0.4, -0.2) is 11.5 Å². The Morgan fingerprint density at radius 1 is 1.40 bits per heavy atom. The van der Waals surface area contributed by atoms with Gasteiger partial charge in [-0.1, -0.05) is 12.1 Å². The Morgan fingerprint density at radius 2 is 2.20 bits per heavy atom. The van der Waals surface area contributed by atoms with E-state index in [4.69, 9.17) is 10.5 Å². The molecule has 0 unspecified atom stereocenters. The molecular formula is C11H12N2OS. The van der Waals surface area contributed by atoms with E-state index in [0.717, 1.165) is 21.9 Å². The molecule has 15 heavy (non-hydrogen) atoms. The van der Waals surface area contributed by atoms with Crippen LogP contribution in [0.4, 0.5) is 0 Å². The van der Waals surface area contributed by atoms with Crippen molar-refractivity contribution in [1.82, 2.24) is 4.37 Å². The second-order valence-corrected chi connectivity index (χ2v) is 3.97. The molecule has 0 fully saturated rings. The zero-order valence-corrected chi connectivity index (χ0v) is 9.25. The van der Waals surface area contributed by atoms with Crippen molar-refractivity contribution in [3.63, 3.8) is 0 Å². The number of aromatic nitrogens is 1. The van der Waals surface area contributed by atoms with Gasteiger partial charge in [0.1, 0.15) is 5.75 Å². The molecule has 0 aliphatic carbocycles. The number of hydrogen-bond donors (Lipinski definition) is 1. The highest BCUT2D eigenvalue weighted by molar-refractivity contribution is 7.06. The lowest BCUT2D eigenvalue weighted by atomic mass is 10.1. The van der Waals surface area contributed by atoms with Crippen molar-refractivity contribution in [2.24, 2.45) is 5.73 Å². The number of hydrogen-bond acceptors (Lipinski definition) is 4. The molecule has 0 saturated heterocycles. The van der Waals surface area contributed by atoms with Crippen molar-refractivity contribution >= 4 is 11.5 Å². The van der Waals surface area contributed by atoms with Gasteiger partial charge >= 0.3 is 0 Å². The Hall–Kier alpha value is -1.39. The molecule has 2 aromatic rings. The second-order valence-electron chi connectivity index (χ2n) is 3.08. The molecule has 0 radical (unpaired) electrons. The van der Waals surface area contributed by atoms with Crippen LogP contribution < -0.4 is 10.5 Å². The first-order valence-electron chi connectivity index (χ1n) is 4.64. The maximum absolute atomic E-state index is 5.55. The summed E-state index contributed by atoms with van der Waals surface area (Å²) in [6.07, 6.45) is 0. The van der Waals surface area contributed by atoms with Gasteiger partial charge in [0.05, 0.1) is 12.8 Å². The predicted octanol–water partition coefficient (Wildman–Crippen LogP) is 2.28. The Balaban J connectivity index is 2.44. The van der Waals surface area contributed by atoms with Gasteiger partial charge in [0.15, 0.2) is 0 Å². The standard InChI is InChI=1S/C11H12N2OS/c1-14-11-5-3-2-4-9(11)10-6-8(7-12)15-13-10/h2-6H,7,12H2,1H3. The van der Waals surface area contributed by atoms with Crippen LogP contribution in [0.25, 0.3) is 11.3 Å². The largest absolute Gasteiger partial charge is 0.496 e. The van der Waals surface area contributed by atoms with E-state index in [0.29, 0.717) is 6.54 Å². The van der Waals surface area contributed by atoms with Gasteiger partial charge in [-0.2, -0.15) is 4.37 Å². The summed E-state index contributed by atoms with van der Waals surface area (Å²) in [7, 11) is 1.66. The Labute approximate surface area is 92.7 Å². The van der Waals surface area contributed by atoms with E-state index in [-0.39, 0.29) is 0 Å². The van der Waals surface area contributed by atoms with Crippen LogP contribution in [0.5, 0.6) is 5.75 Å². The highest BCUT2D eigenvalue weighted by Crippen LogP contribution is 2.30. The molecule has 0 amide bonds. The molecule has 4 heteroatoms. The van der Waals surface area contributed by atoms with Crippen LogP contribution in [0.3, 0.4) is 0 Å². The molecule has 3 nitrogen and oxygen atoms in total. The highest BCUT2D eigenvalue weighted by atomic mass is 32.1. The normalized spacial score (nSPS) is 10.3. The first-order valence-corrected chi connectivity index (χ1v) is 5.41. The predicted molar refractivity (Wildman–Crippen MR) is 62.0 cm³/mol. The van der Waals surface area contributed by atoms with Gasteiger partial charge in [-0.25, -0.2) is 0 Å². The minimum absolute atomic E-state index is 0.535. The Morgan fingerprint density at radius 3 is 2.87 bits per heavy atom. The Bertz CT molecular complexity index is 453. The van der Waals surface area contributed by atoms with Crippen LogP contribution in [0.15, 0.2) is 30.3 Å². The molecule has 0 aliphatic rings. The second kappa shape index (κ2) is 4.42. The van der Waals surface area contributed by atoms with E-state index < -0.39 is 0 Å².